The summed E-state index contributed by atoms with van der Waals surface area (Å²) in [5, 5.41) is 47.9. The van der Waals surface area contributed by atoms with Crippen molar-refractivity contribution in [3.05, 3.63) is 0 Å². The summed E-state index contributed by atoms with van der Waals surface area (Å²) in [7, 11) is 0. The summed E-state index contributed by atoms with van der Waals surface area (Å²) in [6, 6.07) is -0.944. The summed E-state index contributed by atoms with van der Waals surface area (Å²) in [4.78, 5) is 11.8. The van der Waals surface area contributed by atoms with Gasteiger partial charge in [-0.1, -0.05) is 20.3 Å². The van der Waals surface area contributed by atoms with Crippen LogP contribution in [-0.2, 0) is 9.53 Å². The van der Waals surface area contributed by atoms with Gasteiger partial charge < -0.3 is 36.0 Å². The van der Waals surface area contributed by atoms with Crippen LogP contribution in [0.4, 0.5) is 0 Å². The van der Waals surface area contributed by atoms with Crippen LogP contribution in [0.3, 0.4) is 0 Å². The fourth-order valence-electron chi connectivity index (χ4n) is 2.04. The minimum absolute atomic E-state index is 0.166. The van der Waals surface area contributed by atoms with E-state index < -0.39 is 48.6 Å². The van der Waals surface area contributed by atoms with E-state index in [2.05, 4.69) is 0 Å². The maximum Gasteiger partial charge on any atom is 0.323 e. The molecule has 20 heavy (non-hydrogen) atoms. The van der Waals surface area contributed by atoms with Gasteiger partial charge in [-0.05, 0) is 5.92 Å². The van der Waals surface area contributed by atoms with E-state index in [1.807, 2.05) is 6.92 Å². The SMILES string of the molecule is CC[C@H](C)[C@H](N)C(=O)OC1C(O)C(O)C(O)C(O)C1O. The summed E-state index contributed by atoms with van der Waals surface area (Å²) in [6.45, 7) is 3.58. The predicted octanol–water partition coefficient (Wildman–Crippen LogP) is -2.91. The Kier molecular flexibility index (Phi) is 5.87. The highest BCUT2D eigenvalue weighted by atomic mass is 16.6. The summed E-state index contributed by atoms with van der Waals surface area (Å²) in [6.07, 6.45) is -9.52. The van der Waals surface area contributed by atoms with Crippen LogP contribution in [0.1, 0.15) is 20.3 Å². The number of esters is 1. The number of nitrogens with two attached hydrogens (primary N) is 1. The Balaban J connectivity index is 2.77. The number of aliphatic hydroxyl groups excluding tert-OH is 5. The molecule has 0 aliphatic heterocycles. The number of carbonyl (C=O) groups excluding carboxylic acids is 1. The van der Waals surface area contributed by atoms with Gasteiger partial charge in [0, 0.05) is 0 Å². The maximum absolute atomic E-state index is 11.8. The summed E-state index contributed by atoms with van der Waals surface area (Å²) in [5.41, 5.74) is 5.66. The van der Waals surface area contributed by atoms with Gasteiger partial charge in [0.1, 0.15) is 36.6 Å². The summed E-state index contributed by atoms with van der Waals surface area (Å²) >= 11 is 0. The zero-order valence-electron chi connectivity index (χ0n) is 11.5. The monoisotopic (exact) mass is 293 g/mol. The van der Waals surface area contributed by atoms with Crippen molar-refractivity contribution in [1.29, 1.82) is 0 Å². The van der Waals surface area contributed by atoms with E-state index in [4.69, 9.17) is 10.5 Å². The van der Waals surface area contributed by atoms with E-state index in [9.17, 15) is 30.3 Å². The quantitative estimate of drug-likeness (QED) is 0.302. The van der Waals surface area contributed by atoms with E-state index in [0.717, 1.165) is 0 Å². The van der Waals surface area contributed by atoms with Crippen molar-refractivity contribution in [2.75, 3.05) is 0 Å². The Morgan fingerprint density at radius 3 is 1.85 bits per heavy atom. The van der Waals surface area contributed by atoms with Gasteiger partial charge in [0.2, 0.25) is 0 Å². The Morgan fingerprint density at radius 1 is 1.05 bits per heavy atom. The lowest BCUT2D eigenvalue weighted by molar-refractivity contribution is -0.234. The van der Waals surface area contributed by atoms with Crippen molar-refractivity contribution in [2.24, 2.45) is 11.7 Å². The highest BCUT2D eigenvalue weighted by Crippen LogP contribution is 2.24. The van der Waals surface area contributed by atoms with Crippen molar-refractivity contribution >= 4 is 5.97 Å². The van der Waals surface area contributed by atoms with Crippen LogP contribution < -0.4 is 5.73 Å². The summed E-state index contributed by atoms with van der Waals surface area (Å²) < 4.78 is 4.89. The largest absolute Gasteiger partial charge is 0.455 e. The molecule has 1 aliphatic rings. The second kappa shape index (κ2) is 6.79. The number of hydrogen-bond donors (Lipinski definition) is 6. The molecule has 4 unspecified atom stereocenters. The Labute approximate surface area is 116 Å². The lowest BCUT2D eigenvalue weighted by Crippen LogP contribution is -2.65. The van der Waals surface area contributed by atoms with Gasteiger partial charge in [0.05, 0.1) is 0 Å². The first-order chi connectivity index (χ1) is 9.22. The van der Waals surface area contributed by atoms with Crippen molar-refractivity contribution in [3.8, 4) is 0 Å². The van der Waals surface area contributed by atoms with Crippen molar-refractivity contribution < 1.29 is 35.1 Å². The van der Waals surface area contributed by atoms with Gasteiger partial charge in [0.25, 0.3) is 0 Å². The fourth-order valence-corrected chi connectivity index (χ4v) is 2.04. The van der Waals surface area contributed by atoms with Crippen LogP contribution in [0.15, 0.2) is 0 Å². The highest BCUT2D eigenvalue weighted by Gasteiger charge is 2.50. The number of hydrogen-bond acceptors (Lipinski definition) is 8. The second-order valence-corrected chi connectivity index (χ2v) is 5.27. The van der Waals surface area contributed by atoms with Crippen molar-refractivity contribution in [2.45, 2.75) is 62.9 Å². The molecule has 0 amide bonds. The number of rotatable bonds is 4. The van der Waals surface area contributed by atoms with Gasteiger partial charge in [0.15, 0.2) is 6.10 Å². The molecule has 1 saturated carbocycles. The first-order valence-corrected chi connectivity index (χ1v) is 6.58. The first kappa shape index (κ1) is 17.3. The molecule has 8 heteroatoms. The van der Waals surface area contributed by atoms with Gasteiger partial charge in [-0.2, -0.15) is 0 Å². The molecule has 0 aromatic rings. The molecular formula is C12H23NO7. The average molecular weight is 293 g/mol. The van der Waals surface area contributed by atoms with E-state index in [1.54, 1.807) is 6.92 Å². The molecular weight excluding hydrogens is 270 g/mol. The Hall–Kier alpha value is -0.770. The standard InChI is InChI=1S/C12H23NO7/c1-3-4(2)5(13)12(19)20-11-9(17)7(15)6(14)8(16)10(11)18/h4-11,14-18H,3,13H2,1-2H3/t4-,5-,6?,7?,8?,9?,10?,11?/m0/s1. The highest BCUT2D eigenvalue weighted by molar-refractivity contribution is 5.76. The van der Waals surface area contributed by atoms with Crippen LogP contribution >= 0.6 is 0 Å². The third-order valence-electron chi connectivity index (χ3n) is 3.85. The van der Waals surface area contributed by atoms with Crippen LogP contribution in [0, 0.1) is 5.92 Å². The zero-order valence-corrected chi connectivity index (χ0v) is 11.5. The van der Waals surface area contributed by atoms with Gasteiger partial charge in [-0.25, -0.2) is 0 Å². The minimum Gasteiger partial charge on any atom is -0.455 e. The van der Waals surface area contributed by atoms with Crippen LogP contribution in [0.2, 0.25) is 0 Å². The maximum atomic E-state index is 11.8. The smallest absolute Gasteiger partial charge is 0.323 e. The van der Waals surface area contributed by atoms with Crippen LogP contribution in [0.25, 0.3) is 0 Å². The lowest BCUT2D eigenvalue weighted by Gasteiger charge is -2.41. The molecule has 0 saturated heterocycles. The molecule has 8 nitrogen and oxygen atoms in total. The van der Waals surface area contributed by atoms with Gasteiger partial charge >= 0.3 is 5.97 Å². The number of ether oxygens (including phenoxy) is 1. The molecule has 0 heterocycles. The van der Waals surface area contributed by atoms with Crippen LogP contribution in [0.5, 0.6) is 0 Å². The fraction of sp³-hybridized carbons (Fsp3) is 0.917. The molecule has 0 radical (unpaired) electrons. The molecule has 6 atom stereocenters. The topological polar surface area (TPSA) is 153 Å². The molecule has 0 aromatic heterocycles. The normalized spacial score (nSPS) is 41.0. The molecule has 1 aliphatic carbocycles. The van der Waals surface area contributed by atoms with E-state index in [0.29, 0.717) is 6.42 Å². The third kappa shape index (κ3) is 3.27. The van der Waals surface area contributed by atoms with E-state index in [-0.39, 0.29) is 5.92 Å². The molecule has 1 rings (SSSR count). The molecule has 0 bridgehead atoms. The first-order valence-electron chi connectivity index (χ1n) is 6.58. The van der Waals surface area contributed by atoms with E-state index >= 15 is 0 Å². The second-order valence-electron chi connectivity index (χ2n) is 5.27. The van der Waals surface area contributed by atoms with Crippen LogP contribution in [-0.4, -0.2) is 74.2 Å². The molecule has 7 N–H and O–H groups in total. The molecule has 0 aromatic carbocycles. The number of carbonyl (C=O) groups is 1. The Bertz CT molecular complexity index is 324. The number of aliphatic hydroxyl groups is 5. The average Bonchev–Trinajstić information content (AvgIpc) is 2.45. The zero-order chi connectivity index (χ0) is 15.6. The molecule has 0 spiro atoms. The van der Waals surface area contributed by atoms with Crippen molar-refractivity contribution in [3.63, 3.8) is 0 Å². The lowest BCUT2D eigenvalue weighted by atomic mass is 9.85. The van der Waals surface area contributed by atoms with Gasteiger partial charge in [-0.3, -0.25) is 4.79 Å². The summed E-state index contributed by atoms with van der Waals surface area (Å²) in [5.74, 6) is -1.01. The predicted molar refractivity (Wildman–Crippen MR) is 67.3 cm³/mol. The van der Waals surface area contributed by atoms with Gasteiger partial charge in [-0.15, -0.1) is 0 Å². The third-order valence-corrected chi connectivity index (χ3v) is 3.85. The molecule has 118 valence electrons. The van der Waals surface area contributed by atoms with E-state index in [1.165, 1.54) is 0 Å². The minimum atomic E-state index is -1.73. The van der Waals surface area contributed by atoms with Crippen molar-refractivity contribution in [1.82, 2.24) is 0 Å². The Morgan fingerprint density at radius 2 is 1.45 bits per heavy atom. The molecule has 1 fully saturated rings.